The van der Waals surface area contributed by atoms with Crippen LogP contribution in [0.3, 0.4) is 0 Å². The van der Waals surface area contributed by atoms with E-state index >= 15 is 0 Å². The van der Waals surface area contributed by atoms with Gasteiger partial charge in [-0.3, -0.25) is 0 Å². The standard InChI is InChI=1S/C18H24N2O3S/c1-2-13-19-14-12-18-23-17-11-7-6-10-16(17)20(24(18,21)22)15-8-4-3-5-9-15/h3-5,8-11,18-19H,2,6-7,12-14H2,1H3. The van der Waals surface area contributed by atoms with E-state index in [1.807, 2.05) is 42.5 Å². The molecular formula is C18H24N2O3S. The molecule has 0 aromatic heterocycles. The molecule has 1 aromatic rings. The van der Waals surface area contributed by atoms with Crippen LogP contribution in [0.15, 0.2) is 53.9 Å². The minimum absolute atomic E-state index is 0.427. The van der Waals surface area contributed by atoms with Crippen LogP contribution >= 0.6 is 0 Å². The largest absolute Gasteiger partial charge is 0.471 e. The van der Waals surface area contributed by atoms with Crippen LogP contribution in [0.1, 0.15) is 32.6 Å². The van der Waals surface area contributed by atoms with Gasteiger partial charge < -0.3 is 10.1 Å². The Morgan fingerprint density at radius 3 is 2.67 bits per heavy atom. The number of ether oxygens (including phenoxy) is 1. The third kappa shape index (κ3) is 3.35. The molecule has 0 saturated carbocycles. The Kier molecular flexibility index (Phi) is 5.26. The molecule has 1 heterocycles. The van der Waals surface area contributed by atoms with Crippen LogP contribution in [0.2, 0.25) is 0 Å². The fourth-order valence-electron chi connectivity index (χ4n) is 2.97. The molecule has 0 bridgehead atoms. The molecule has 5 nitrogen and oxygen atoms in total. The fraction of sp³-hybridized carbons (Fsp3) is 0.444. The topological polar surface area (TPSA) is 58.6 Å². The van der Waals surface area contributed by atoms with E-state index in [9.17, 15) is 8.42 Å². The van der Waals surface area contributed by atoms with Crippen molar-refractivity contribution in [2.75, 3.05) is 17.4 Å². The maximum absolute atomic E-state index is 13.1. The van der Waals surface area contributed by atoms with Gasteiger partial charge in [-0.1, -0.05) is 31.2 Å². The molecule has 1 fully saturated rings. The highest BCUT2D eigenvalue weighted by Gasteiger charge is 2.42. The van der Waals surface area contributed by atoms with Crippen molar-refractivity contribution < 1.29 is 13.2 Å². The Labute approximate surface area is 144 Å². The first-order chi connectivity index (χ1) is 11.6. The maximum atomic E-state index is 13.1. The van der Waals surface area contributed by atoms with Gasteiger partial charge in [0.15, 0.2) is 0 Å². The van der Waals surface area contributed by atoms with E-state index in [0.29, 0.717) is 30.1 Å². The Bertz CT molecular complexity index is 726. The maximum Gasteiger partial charge on any atom is 0.277 e. The summed E-state index contributed by atoms with van der Waals surface area (Å²) < 4.78 is 33.6. The first-order valence-electron chi connectivity index (χ1n) is 8.52. The second kappa shape index (κ2) is 7.40. The van der Waals surface area contributed by atoms with Crippen molar-refractivity contribution in [3.05, 3.63) is 53.9 Å². The lowest BCUT2D eigenvalue weighted by atomic mass is 10.1. The summed E-state index contributed by atoms with van der Waals surface area (Å²) in [7, 11) is -3.61. The van der Waals surface area contributed by atoms with Gasteiger partial charge in [0, 0.05) is 6.42 Å². The van der Waals surface area contributed by atoms with Crippen LogP contribution in [0, 0.1) is 0 Å². The second-order valence-electron chi connectivity index (χ2n) is 5.97. The molecule has 24 heavy (non-hydrogen) atoms. The SMILES string of the molecule is CCCNCCC1OC2=CCCC=C2N(c2ccccc2)S1(=O)=O. The Balaban J connectivity index is 1.91. The zero-order valence-corrected chi connectivity index (χ0v) is 14.8. The molecule has 1 aliphatic carbocycles. The number of benzene rings is 1. The average molecular weight is 348 g/mol. The van der Waals surface area contributed by atoms with Gasteiger partial charge in [-0.25, -0.2) is 12.7 Å². The van der Waals surface area contributed by atoms with E-state index in [4.69, 9.17) is 4.74 Å². The molecule has 1 unspecified atom stereocenters. The van der Waals surface area contributed by atoms with Crippen LogP contribution in [0.25, 0.3) is 0 Å². The number of rotatable bonds is 6. The Morgan fingerprint density at radius 1 is 1.17 bits per heavy atom. The van der Waals surface area contributed by atoms with Gasteiger partial charge in [0.05, 0.1) is 11.4 Å². The van der Waals surface area contributed by atoms with E-state index in [1.165, 1.54) is 4.31 Å². The Hall–Kier alpha value is -1.79. The molecule has 0 spiro atoms. The third-order valence-electron chi connectivity index (χ3n) is 4.12. The third-order valence-corrected chi connectivity index (χ3v) is 6.04. The predicted octanol–water partition coefficient (Wildman–Crippen LogP) is 3.13. The van der Waals surface area contributed by atoms with Gasteiger partial charge in [-0.05, 0) is 50.6 Å². The van der Waals surface area contributed by atoms with E-state index in [1.54, 1.807) is 0 Å². The van der Waals surface area contributed by atoms with Crippen molar-refractivity contribution in [2.24, 2.45) is 0 Å². The zero-order valence-electron chi connectivity index (χ0n) is 13.9. The molecule has 130 valence electrons. The van der Waals surface area contributed by atoms with Crippen LogP contribution < -0.4 is 9.62 Å². The lowest BCUT2D eigenvalue weighted by Gasteiger charge is -2.38. The van der Waals surface area contributed by atoms with Gasteiger partial charge in [-0.2, -0.15) is 0 Å². The zero-order chi connectivity index (χ0) is 17.0. The number of anilines is 1. The van der Waals surface area contributed by atoms with E-state index in [2.05, 4.69) is 12.2 Å². The van der Waals surface area contributed by atoms with Crippen molar-refractivity contribution in [3.63, 3.8) is 0 Å². The highest BCUT2D eigenvalue weighted by atomic mass is 32.2. The van der Waals surface area contributed by atoms with Crippen LogP contribution in [0.4, 0.5) is 5.69 Å². The number of nitrogens with one attached hydrogen (secondary N) is 1. The predicted molar refractivity (Wildman–Crippen MR) is 95.9 cm³/mol. The van der Waals surface area contributed by atoms with Crippen molar-refractivity contribution in [2.45, 2.75) is 38.0 Å². The fourth-order valence-corrected chi connectivity index (χ4v) is 4.70. The normalized spacial score (nSPS) is 22.2. The number of nitrogens with zero attached hydrogens (tertiary/aromatic N) is 1. The minimum atomic E-state index is -3.61. The molecule has 0 radical (unpaired) electrons. The van der Waals surface area contributed by atoms with Gasteiger partial charge >= 0.3 is 0 Å². The summed E-state index contributed by atoms with van der Waals surface area (Å²) in [4.78, 5) is 0. The molecule has 2 aliphatic rings. The minimum Gasteiger partial charge on any atom is -0.471 e. The second-order valence-corrected chi connectivity index (χ2v) is 7.89. The highest BCUT2D eigenvalue weighted by Crippen LogP contribution is 2.38. The van der Waals surface area contributed by atoms with E-state index < -0.39 is 15.5 Å². The van der Waals surface area contributed by atoms with Crippen molar-refractivity contribution in [1.82, 2.24) is 5.32 Å². The number of sulfonamides is 1. The first kappa shape index (κ1) is 17.0. The van der Waals surface area contributed by atoms with E-state index in [0.717, 1.165) is 25.8 Å². The van der Waals surface area contributed by atoms with Crippen molar-refractivity contribution in [3.8, 4) is 0 Å². The number of para-hydroxylation sites is 1. The molecule has 0 amide bonds. The van der Waals surface area contributed by atoms with Gasteiger partial charge in [0.2, 0.25) is 5.44 Å². The monoisotopic (exact) mass is 348 g/mol. The number of fused-ring (bicyclic) bond motifs is 1. The number of hydrogen-bond donors (Lipinski definition) is 1. The van der Waals surface area contributed by atoms with Crippen LogP contribution in [-0.4, -0.2) is 26.9 Å². The molecule has 1 N–H and O–H groups in total. The van der Waals surface area contributed by atoms with Crippen LogP contribution in [0.5, 0.6) is 0 Å². The summed E-state index contributed by atoms with van der Waals surface area (Å²) in [6, 6.07) is 9.23. The summed E-state index contributed by atoms with van der Waals surface area (Å²) in [5.74, 6) is 0.681. The lowest BCUT2D eigenvalue weighted by Crippen LogP contribution is -2.46. The Morgan fingerprint density at radius 2 is 1.92 bits per heavy atom. The molecular weight excluding hydrogens is 324 g/mol. The summed E-state index contributed by atoms with van der Waals surface area (Å²) in [5.41, 5.74) is 0.445. The smallest absolute Gasteiger partial charge is 0.277 e. The van der Waals surface area contributed by atoms with Crippen molar-refractivity contribution in [1.29, 1.82) is 0 Å². The highest BCUT2D eigenvalue weighted by molar-refractivity contribution is 7.93. The molecule has 1 saturated heterocycles. The number of hydrogen-bond acceptors (Lipinski definition) is 4. The summed E-state index contributed by atoms with van der Waals surface area (Å²) in [6.45, 7) is 3.58. The van der Waals surface area contributed by atoms with Gasteiger partial charge in [0.1, 0.15) is 5.76 Å². The molecule has 3 rings (SSSR count). The summed E-state index contributed by atoms with van der Waals surface area (Å²) in [6.07, 6.45) is 7.09. The summed E-state index contributed by atoms with van der Waals surface area (Å²) in [5, 5.41) is 3.25. The van der Waals surface area contributed by atoms with Gasteiger partial charge in [-0.15, -0.1) is 0 Å². The molecule has 1 aromatic carbocycles. The van der Waals surface area contributed by atoms with E-state index in [-0.39, 0.29) is 0 Å². The van der Waals surface area contributed by atoms with Crippen molar-refractivity contribution >= 4 is 15.7 Å². The molecule has 6 heteroatoms. The average Bonchev–Trinajstić information content (AvgIpc) is 2.59. The quantitative estimate of drug-likeness (QED) is 0.803. The van der Waals surface area contributed by atoms with Gasteiger partial charge in [0.25, 0.3) is 10.0 Å². The summed E-state index contributed by atoms with van der Waals surface area (Å²) >= 11 is 0. The number of allylic oxidation sites excluding steroid dienone is 2. The van der Waals surface area contributed by atoms with Crippen LogP contribution in [-0.2, 0) is 14.8 Å². The first-order valence-corrected chi connectivity index (χ1v) is 10.0. The molecule has 1 atom stereocenters. The lowest BCUT2D eigenvalue weighted by molar-refractivity contribution is 0.166. The molecule has 1 aliphatic heterocycles.